The van der Waals surface area contributed by atoms with E-state index in [1.54, 1.807) is 30.5 Å². The average molecular weight is 379 g/mol. The van der Waals surface area contributed by atoms with E-state index in [0.29, 0.717) is 36.1 Å². The first kappa shape index (κ1) is 17.3. The summed E-state index contributed by atoms with van der Waals surface area (Å²) < 4.78 is 11.9. The predicted octanol–water partition coefficient (Wildman–Crippen LogP) is 4.20. The third-order valence-corrected chi connectivity index (χ3v) is 3.88. The summed E-state index contributed by atoms with van der Waals surface area (Å²) in [5.74, 6) is 1.43. The Balaban J connectivity index is 2.24. The fraction of sp³-hybridized carbons (Fsp3) is 0.294. The SMILES string of the molecule is CCOc1cc(OCC)cc(C(=O)Nc2cc(C)c(Br)cn2)c1. The Morgan fingerprint density at radius 2 is 1.74 bits per heavy atom. The number of hydrogen-bond donors (Lipinski definition) is 1. The highest BCUT2D eigenvalue weighted by molar-refractivity contribution is 9.10. The molecule has 122 valence electrons. The molecule has 0 radical (unpaired) electrons. The molecule has 1 N–H and O–H groups in total. The molecule has 2 aromatic rings. The van der Waals surface area contributed by atoms with Crippen molar-refractivity contribution in [2.24, 2.45) is 0 Å². The Labute approximate surface area is 144 Å². The van der Waals surface area contributed by atoms with E-state index in [-0.39, 0.29) is 5.91 Å². The summed E-state index contributed by atoms with van der Waals surface area (Å²) in [7, 11) is 0. The van der Waals surface area contributed by atoms with Gasteiger partial charge in [-0.25, -0.2) is 4.98 Å². The molecule has 0 atom stereocenters. The Hall–Kier alpha value is -2.08. The molecule has 1 aromatic carbocycles. The Kier molecular flexibility index (Phi) is 5.98. The summed E-state index contributed by atoms with van der Waals surface area (Å²) >= 11 is 3.39. The van der Waals surface area contributed by atoms with Crippen LogP contribution in [0.4, 0.5) is 5.82 Å². The lowest BCUT2D eigenvalue weighted by Gasteiger charge is -2.11. The number of nitrogens with one attached hydrogen (secondary N) is 1. The van der Waals surface area contributed by atoms with Crippen LogP contribution >= 0.6 is 15.9 Å². The maximum absolute atomic E-state index is 12.4. The molecule has 0 unspecified atom stereocenters. The minimum absolute atomic E-state index is 0.262. The molecule has 0 aliphatic rings. The molecule has 1 heterocycles. The van der Waals surface area contributed by atoms with Gasteiger partial charge in [-0.15, -0.1) is 0 Å². The summed E-state index contributed by atoms with van der Waals surface area (Å²) in [5, 5.41) is 2.78. The second-order valence-electron chi connectivity index (χ2n) is 4.83. The van der Waals surface area contributed by atoms with Crippen LogP contribution in [0.5, 0.6) is 11.5 Å². The Morgan fingerprint density at radius 3 is 2.26 bits per heavy atom. The minimum Gasteiger partial charge on any atom is -0.494 e. The molecule has 0 fully saturated rings. The maximum atomic E-state index is 12.4. The molecule has 2 rings (SSSR count). The Morgan fingerprint density at radius 1 is 1.13 bits per heavy atom. The summed E-state index contributed by atoms with van der Waals surface area (Å²) in [5.41, 5.74) is 1.45. The number of carbonyl (C=O) groups excluding carboxylic acids is 1. The van der Waals surface area contributed by atoms with Crippen LogP contribution in [0.25, 0.3) is 0 Å². The van der Waals surface area contributed by atoms with Crippen LogP contribution in [0, 0.1) is 6.92 Å². The first-order valence-electron chi connectivity index (χ1n) is 7.37. The molecule has 1 aromatic heterocycles. The molecule has 0 aliphatic heterocycles. The number of hydrogen-bond acceptors (Lipinski definition) is 4. The Bertz CT molecular complexity index is 680. The zero-order valence-electron chi connectivity index (χ0n) is 13.4. The van der Waals surface area contributed by atoms with Gasteiger partial charge in [-0.1, -0.05) is 0 Å². The summed E-state index contributed by atoms with van der Waals surface area (Å²) in [6, 6.07) is 6.95. The van der Waals surface area contributed by atoms with E-state index in [1.807, 2.05) is 20.8 Å². The fourth-order valence-corrected chi connectivity index (χ4v) is 2.22. The lowest BCUT2D eigenvalue weighted by atomic mass is 10.2. The van der Waals surface area contributed by atoms with Gasteiger partial charge in [0.1, 0.15) is 17.3 Å². The van der Waals surface area contributed by atoms with E-state index in [1.165, 1.54) is 0 Å². The van der Waals surface area contributed by atoms with Crippen LogP contribution in [-0.2, 0) is 0 Å². The van der Waals surface area contributed by atoms with Crippen LogP contribution in [0.2, 0.25) is 0 Å². The number of rotatable bonds is 6. The van der Waals surface area contributed by atoms with Crippen molar-refractivity contribution in [1.82, 2.24) is 4.98 Å². The van der Waals surface area contributed by atoms with Gasteiger partial charge in [0.15, 0.2) is 0 Å². The normalized spacial score (nSPS) is 10.3. The molecule has 0 bridgehead atoms. The quantitative estimate of drug-likeness (QED) is 0.817. The topological polar surface area (TPSA) is 60.5 Å². The van der Waals surface area contributed by atoms with E-state index in [0.717, 1.165) is 10.0 Å². The second kappa shape index (κ2) is 7.97. The van der Waals surface area contributed by atoms with Crippen LogP contribution in [0.1, 0.15) is 29.8 Å². The molecule has 0 saturated carbocycles. The van der Waals surface area contributed by atoms with Gasteiger partial charge in [0.25, 0.3) is 5.91 Å². The minimum atomic E-state index is -0.262. The number of nitrogens with zero attached hydrogens (tertiary/aromatic N) is 1. The molecule has 1 amide bonds. The van der Waals surface area contributed by atoms with Gasteiger partial charge in [-0.05, 0) is 60.5 Å². The zero-order chi connectivity index (χ0) is 16.8. The van der Waals surface area contributed by atoms with Crippen molar-refractivity contribution < 1.29 is 14.3 Å². The highest BCUT2D eigenvalue weighted by atomic mass is 79.9. The van der Waals surface area contributed by atoms with Crippen LogP contribution in [0.15, 0.2) is 34.9 Å². The van der Waals surface area contributed by atoms with E-state index in [2.05, 4.69) is 26.2 Å². The van der Waals surface area contributed by atoms with E-state index in [9.17, 15) is 4.79 Å². The largest absolute Gasteiger partial charge is 0.494 e. The lowest BCUT2D eigenvalue weighted by molar-refractivity contribution is 0.102. The van der Waals surface area contributed by atoms with Crippen LogP contribution < -0.4 is 14.8 Å². The number of anilines is 1. The number of halogens is 1. The average Bonchev–Trinajstić information content (AvgIpc) is 2.51. The first-order valence-corrected chi connectivity index (χ1v) is 8.17. The standard InChI is InChI=1S/C17H19BrN2O3/c1-4-22-13-7-12(8-14(9-13)23-5-2)17(21)20-16-6-11(3)15(18)10-19-16/h6-10H,4-5H2,1-3H3,(H,19,20,21). The number of aromatic nitrogens is 1. The number of ether oxygens (including phenoxy) is 2. The number of amides is 1. The van der Waals surface area contributed by atoms with Crippen molar-refractivity contribution in [3.63, 3.8) is 0 Å². The number of pyridine rings is 1. The first-order chi connectivity index (χ1) is 11.0. The smallest absolute Gasteiger partial charge is 0.257 e. The van der Waals surface area contributed by atoms with Gasteiger partial charge in [-0.2, -0.15) is 0 Å². The molecule has 0 spiro atoms. The molecule has 6 heteroatoms. The number of aryl methyl sites for hydroxylation is 1. The molecule has 23 heavy (non-hydrogen) atoms. The molecule has 0 aliphatic carbocycles. The molecule has 5 nitrogen and oxygen atoms in total. The highest BCUT2D eigenvalue weighted by Crippen LogP contribution is 2.24. The maximum Gasteiger partial charge on any atom is 0.257 e. The van der Waals surface area contributed by atoms with Crippen molar-refractivity contribution in [1.29, 1.82) is 0 Å². The summed E-state index contributed by atoms with van der Waals surface area (Å²) in [6.45, 7) is 6.75. The van der Waals surface area contributed by atoms with E-state index in [4.69, 9.17) is 9.47 Å². The van der Waals surface area contributed by atoms with E-state index >= 15 is 0 Å². The van der Waals surface area contributed by atoms with E-state index < -0.39 is 0 Å². The predicted molar refractivity (Wildman–Crippen MR) is 93.4 cm³/mol. The fourth-order valence-electron chi connectivity index (χ4n) is 2.00. The van der Waals surface area contributed by atoms with Gasteiger partial charge in [-0.3, -0.25) is 4.79 Å². The lowest BCUT2D eigenvalue weighted by Crippen LogP contribution is -2.13. The number of carbonyl (C=O) groups is 1. The highest BCUT2D eigenvalue weighted by Gasteiger charge is 2.12. The van der Waals surface area contributed by atoms with Crippen molar-refractivity contribution in [3.8, 4) is 11.5 Å². The monoisotopic (exact) mass is 378 g/mol. The molecular weight excluding hydrogens is 360 g/mol. The summed E-state index contributed by atoms with van der Waals surface area (Å²) in [4.78, 5) is 16.6. The zero-order valence-corrected chi connectivity index (χ0v) is 14.9. The van der Waals surface area contributed by atoms with Gasteiger partial charge in [0, 0.05) is 22.3 Å². The van der Waals surface area contributed by atoms with Crippen LogP contribution in [-0.4, -0.2) is 24.1 Å². The van der Waals surface area contributed by atoms with Gasteiger partial charge >= 0.3 is 0 Å². The summed E-state index contributed by atoms with van der Waals surface area (Å²) in [6.07, 6.45) is 1.66. The van der Waals surface area contributed by atoms with Crippen molar-refractivity contribution in [2.75, 3.05) is 18.5 Å². The van der Waals surface area contributed by atoms with Crippen molar-refractivity contribution >= 4 is 27.7 Å². The van der Waals surface area contributed by atoms with Crippen molar-refractivity contribution in [3.05, 3.63) is 46.1 Å². The number of benzene rings is 1. The van der Waals surface area contributed by atoms with Gasteiger partial charge in [0.2, 0.25) is 0 Å². The van der Waals surface area contributed by atoms with Crippen molar-refractivity contribution in [2.45, 2.75) is 20.8 Å². The molecular formula is C17H19BrN2O3. The molecule has 0 saturated heterocycles. The third kappa shape index (κ3) is 4.69. The van der Waals surface area contributed by atoms with Gasteiger partial charge < -0.3 is 14.8 Å². The second-order valence-corrected chi connectivity index (χ2v) is 5.69. The van der Waals surface area contributed by atoms with Gasteiger partial charge in [0.05, 0.1) is 13.2 Å². The third-order valence-electron chi connectivity index (χ3n) is 3.05. The van der Waals surface area contributed by atoms with Crippen LogP contribution in [0.3, 0.4) is 0 Å².